The van der Waals surface area contributed by atoms with Crippen LogP contribution in [0.1, 0.15) is 33.6 Å². The van der Waals surface area contributed by atoms with Gasteiger partial charge in [0.1, 0.15) is 0 Å². The highest BCUT2D eigenvalue weighted by Gasteiger charge is 2.17. The molecule has 84 valence electrons. The van der Waals surface area contributed by atoms with Crippen molar-refractivity contribution >= 4 is 15.9 Å². The van der Waals surface area contributed by atoms with E-state index in [-0.39, 0.29) is 4.32 Å². The highest BCUT2D eigenvalue weighted by atomic mass is 79.9. The fourth-order valence-corrected chi connectivity index (χ4v) is 1.47. The van der Waals surface area contributed by atoms with Crippen LogP contribution in [0.5, 0.6) is 0 Å². The van der Waals surface area contributed by atoms with Crippen LogP contribution in [0.2, 0.25) is 0 Å². The van der Waals surface area contributed by atoms with Gasteiger partial charge in [-0.3, -0.25) is 0 Å². The largest absolute Gasteiger partial charge is 0.387 e. The van der Waals surface area contributed by atoms with Crippen LogP contribution in [0.25, 0.3) is 0 Å². The average molecular weight is 264 g/mol. The third kappa shape index (κ3) is 6.44. The molecule has 0 aromatic rings. The number of ether oxygens (including phenoxy) is 1. The van der Waals surface area contributed by atoms with Crippen LogP contribution in [0, 0.1) is 0 Å². The molecule has 0 atom stereocenters. The number of rotatable bonds is 7. The second kappa shape index (κ2) is 7.30. The van der Waals surface area contributed by atoms with Gasteiger partial charge in [-0.05, 0) is 26.7 Å². The summed E-state index contributed by atoms with van der Waals surface area (Å²) in [7, 11) is 1.73. The Morgan fingerprint density at radius 1 is 1.50 bits per heavy atom. The minimum Gasteiger partial charge on any atom is -0.387 e. The lowest BCUT2D eigenvalue weighted by molar-refractivity contribution is 0.195. The molecule has 0 aliphatic rings. The van der Waals surface area contributed by atoms with Gasteiger partial charge < -0.3 is 10.1 Å². The molecule has 0 unspecified atom stereocenters. The van der Waals surface area contributed by atoms with Crippen LogP contribution in [-0.2, 0) is 4.74 Å². The van der Waals surface area contributed by atoms with E-state index in [9.17, 15) is 0 Å². The number of alkyl halides is 1. The van der Waals surface area contributed by atoms with Gasteiger partial charge in [0.05, 0.1) is 4.32 Å². The van der Waals surface area contributed by atoms with E-state index in [4.69, 9.17) is 4.74 Å². The smallest absolute Gasteiger partial charge is 0.0593 e. The molecule has 0 heterocycles. The molecule has 1 N–H and O–H groups in total. The molecule has 0 aliphatic heterocycles. The topological polar surface area (TPSA) is 21.3 Å². The van der Waals surface area contributed by atoms with Crippen molar-refractivity contribution in [2.75, 3.05) is 20.3 Å². The van der Waals surface area contributed by atoms with Gasteiger partial charge in [0.15, 0.2) is 0 Å². The molecule has 2 nitrogen and oxygen atoms in total. The minimum atomic E-state index is 0.0378. The van der Waals surface area contributed by atoms with Crippen molar-refractivity contribution in [3.63, 3.8) is 0 Å². The molecular formula is C11H22BrNO. The maximum atomic E-state index is 5.00. The first kappa shape index (κ1) is 14.0. The molecule has 0 spiro atoms. The Morgan fingerprint density at radius 2 is 2.14 bits per heavy atom. The third-order valence-electron chi connectivity index (χ3n) is 1.89. The fraction of sp³-hybridized carbons (Fsp3) is 0.818. The summed E-state index contributed by atoms with van der Waals surface area (Å²) in [6.07, 6.45) is 4.32. The van der Waals surface area contributed by atoms with E-state index in [1.54, 1.807) is 7.11 Å². The van der Waals surface area contributed by atoms with E-state index in [1.165, 1.54) is 5.70 Å². The van der Waals surface area contributed by atoms with Crippen LogP contribution >= 0.6 is 15.9 Å². The highest BCUT2D eigenvalue weighted by Crippen LogP contribution is 2.24. The maximum absolute atomic E-state index is 5.00. The molecule has 0 aromatic carbocycles. The summed E-state index contributed by atoms with van der Waals surface area (Å²) in [5, 5.41) is 3.43. The van der Waals surface area contributed by atoms with Gasteiger partial charge in [0, 0.05) is 26.0 Å². The summed E-state index contributed by atoms with van der Waals surface area (Å²) in [6.45, 7) is 8.23. The van der Waals surface area contributed by atoms with Crippen molar-refractivity contribution < 1.29 is 4.74 Å². The van der Waals surface area contributed by atoms with E-state index in [2.05, 4.69) is 48.1 Å². The summed E-state index contributed by atoms with van der Waals surface area (Å²) in [5.41, 5.74) is 1.26. The lowest BCUT2D eigenvalue weighted by Crippen LogP contribution is -2.28. The standard InChI is InChI=1S/C11H22BrNO/c1-5-7-10(11(2,3)12)13-8-6-9-14-4/h7,13H,5-6,8-9H2,1-4H3/b10-7-. The first-order chi connectivity index (χ1) is 6.52. The Morgan fingerprint density at radius 3 is 2.57 bits per heavy atom. The number of allylic oxidation sites excluding steroid dienone is 2. The van der Waals surface area contributed by atoms with Gasteiger partial charge >= 0.3 is 0 Å². The molecule has 3 heteroatoms. The molecule has 0 saturated carbocycles. The van der Waals surface area contributed by atoms with Crippen molar-refractivity contribution in [3.8, 4) is 0 Å². The first-order valence-corrected chi connectivity index (χ1v) is 5.94. The molecule has 14 heavy (non-hydrogen) atoms. The molecular weight excluding hydrogens is 242 g/mol. The SMILES string of the molecule is CC/C=C(\NCCCOC)C(C)(C)Br. The van der Waals surface area contributed by atoms with Crippen molar-refractivity contribution in [2.45, 2.75) is 37.9 Å². The molecule has 0 saturated heterocycles. The number of hydrogen-bond acceptors (Lipinski definition) is 2. The zero-order chi connectivity index (χ0) is 11.0. The van der Waals surface area contributed by atoms with E-state index >= 15 is 0 Å². The monoisotopic (exact) mass is 263 g/mol. The van der Waals surface area contributed by atoms with Gasteiger partial charge in [0.2, 0.25) is 0 Å². The normalized spacial score (nSPS) is 13.1. The summed E-state index contributed by atoms with van der Waals surface area (Å²) in [4.78, 5) is 0. The summed E-state index contributed by atoms with van der Waals surface area (Å²) in [6, 6.07) is 0. The van der Waals surface area contributed by atoms with Gasteiger partial charge in [-0.25, -0.2) is 0 Å². The van der Waals surface area contributed by atoms with Gasteiger partial charge in [0.25, 0.3) is 0 Å². The van der Waals surface area contributed by atoms with Crippen molar-refractivity contribution in [3.05, 3.63) is 11.8 Å². The van der Waals surface area contributed by atoms with E-state index in [0.29, 0.717) is 0 Å². The van der Waals surface area contributed by atoms with E-state index in [1.807, 2.05) is 0 Å². The van der Waals surface area contributed by atoms with Crippen LogP contribution in [0.3, 0.4) is 0 Å². The fourth-order valence-electron chi connectivity index (χ4n) is 1.17. The molecule has 0 amide bonds. The molecule has 0 bridgehead atoms. The van der Waals surface area contributed by atoms with E-state index < -0.39 is 0 Å². The second-order valence-electron chi connectivity index (χ2n) is 3.77. The van der Waals surface area contributed by atoms with Crippen LogP contribution < -0.4 is 5.32 Å². The van der Waals surface area contributed by atoms with Crippen molar-refractivity contribution in [1.82, 2.24) is 5.32 Å². The van der Waals surface area contributed by atoms with Crippen molar-refractivity contribution in [1.29, 1.82) is 0 Å². The van der Waals surface area contributed by atoms with Gasteiger partial charge in [-0.15, -0.1) is 0 Å². The number of nitrogens with one attached hydrogen (secondary N) is 1. The summed E-state index contributed by atoms with van der Waals surface area (Å²) in [5.74, 6) is 0. The Labute approximate surface area is 96.2 Å². The lowest BCUT2D eigenvalue weighted by Gasteiger charge is -2.22. The quantitative estimate of drug-likeness (QED) is 0.563. The number of halogens is 1. The third-order valence-corrected chi connectivity index (χ3v) is 2.32. The maximum Gasteiger partial charge on any atom is 0.0593 e. The number of methoxy groups -OCH3 is 1. The predicted octanol–water partition coefficient (Wildman–Crippen LogP) is 3.08. The predicted molar refractivity (Wildman–Crippen MR) is 65.9 cm³/mol. The molecule has 0 fully saturated rings. The summed E-state index contributed by atoms with van der Waals surface area (Å²) < 4.78 is 5.04. The lowest BCUT2D eigenvalue weighted by atomic mass is 10.1. The minimum absolute atomic E-state index is 0.0378. The van der Waals surface area contributed by atoms with Crippen LogP contribution in [-0.4, -0.2) is 24.6 Å². The zero-order valence-corrected chi connectivity index (χ0v) is 11.3. The summed E-state index contributed by atoms with van der Waals surface area (Å²) >= 11 is 3.65. The zero-order valence-electron chi connectivity index (χ0n) is 9.69. The van der Waals surface area contributed by atoms with Crippen LogP contribution in [0.15, 0.2) is 11.8 Å². The Balaban J connectivity index is 3.94. The molecule has 0 aliphatic carbocycles. The van der Waals surface area contributed by atoms with Gasteiger partial charge in [-0.1, -0.05) is 28.9 Å². The Hall–Kier alpha value is -0.0200. The van der Waals surface area contributed by atoms with Crippen molar-refractivity contribution in [2.24, 2.45) is 0 Å². The average Bonchev–Trinajstić information content (AvgIpc) is 2.08. The van der Waals surface area contributed by atoms with E-state index in [0.717, 1.165) is 26.0 Å². The molecule has 0 aromatic heterocycles. The molecule has 0 rings (SSSR count). The second-order valence-corrected chi connectivity index (χ2v) is 5.75. The highest BCUT2D eigenvalue weighted by molar-refractivity contribution is 9.10. The Kier molecular flexibility index (Phi) is 7.28. The number of hydrogen-bond donors (Lipinski definition) is 1. The van der Waals surface area contributed by atoms with Crippen LogP contribution in [0.4, 0.5) is 0 Å². The molecule has 0 radical (unpaired) electrons. The Bertz CT molecular complexity index is 173. The first-order valence-electron chi connectivity index (χ1n) is 5.14. The van der Waals surface area contributed by atoms with Gasteiger partial charge in [-0.2, -0.15) is 0 Å².